The molecule has 0 bridgehead atoms. The van der Waals surface area contributed by atoms with Crippen molar-refractivity contribution >= 4 is 0 Å². The summed E-state index contributed by atoms with van der Waals surface area (Å²) in [5, 5.41) is 0. The molecule has 0 nitrogen and oxygen atoms in total. The predicted molar refractivity (Wildman–Crippen MR) is 55.4 cm³/mol. The van der Waals surface area contributed by atoms with Gasteiger partial charge in [0.15, 0.2) is 0 Å². The third-order valence-corrected chi connectivity index (χ3v) is 2.25. The first-order valence-electron chi connectivity index (χ1n) is 4.61. The van der Waals surface area contributed by atoms with Crippen LogP contribution in [0.4, 0.5) is 8.78 Å². The van der Waals surface area contributed by atoms with Gasteiger partial charge in [0.1, 0.15) is 0 Å². The second-order valence-electron chi connectivity index (χ2n) is 3.39. The molecule has 0 spiro atoms. The molecule has 0 saturated heterocycles. The van der Waals surface area contributed by atoms with Crippen LogP contribution in [-0.2, 0) is 32.7 Å². The fourth-order valence-corrected chi connectivity index (χ4v) is 1.41. The largest absolute Gasteiger partial charge is 0.281 e. The molecule has 0 aliphatic heterocycles. The van der Waals surface area contributed by atoms with Crippen molar-refractivity contribution in [3.05, 3.63) is 59.7 Å². The molecule has 2 aromatic rings. The molecule has 0 fully saturated rings. The van der Waals surface area contributed by atoms with Crippen LogP contribution in [0.5, 0.6) is 0 Å². The van der Waals surface area contributed by atoms with Crippen LogP contribution < -0.4 is 0 Å². The van der Waals surface area contributed by atoms with Crippen molar-refractivity contribution in [1.29, 1.82) is 0 Å². The number of hydrogen-bond donors (Lipinski definition) is 0. The Balaban J connectivity index is 0.00000128. The summed E-state index contributed by atoms with van der Waals surface area (Å²) in [4.78, 5) is 0. The predicted octanol–water partition coefficient (Wildman–Crippen LogP) is 3.74. The molecule has 0 aliphatic carbocycles. The fourth-order valence-electron chi connectivity index (χ4n) is 1.41. The van der Waals surface area contributed by atoms with E-state index in [4.69, 9.17) is 0 Å². The zero-order valence-electron chi connectivity index (χ0n) is 8.80. The molecular formula is C13H9F2Y-. The minimum Gasteiger partial charge on any atom is -0.281 e. The Morgan fingerprint density at radius 2 is 1.62 bits per heavy atom. The fraction of sp³-hybridized carbons (Fsp3) is 0.0769. The minimum atomic E-state index is -0.937. The third kappa shape index (κ3) is 2.75. The van der Waals surface area contributed by atoms with Gasteiger partial charge in [-0.25, -0.2) is 4.39 Å². The minimum absolute atomic E-state index is 0. The van der Waals surface area contributed by atoms with E-state index in [0.29, 0.717) is 5.56 Å². The molecule has 0 aliphatic rings. The number of hydrogen-bond acceptors (Lipinski definition) is 0. The van der Waals surface area contributed by atoms with Crippen molar-refractivity contribution in [3.63, 3.8) is 0 Å². The van der Waals surface area contributed by atoms with Gasteiger partial charge in [-0.3, -0.25) is 4.39 Å². The van der Waals surface area contributed by atoms with Crippen LogP contribution in [-0.4, -0.2) is 0 Å². The number of benzene rings is 2. The molecule has 2 aromatic carbocycles. The summed E-state index contributed by atoms with van der Waals surface area (Å²) in [5.74, 6) is -1.78. The Kier molecular flexibility index (Phi) is 4.76. The Morgan fingerprint density at radius 3 is 2.25 bits per heavy atom. The summed E-state index contributed by atoms with van der Waals surface area (Å²) in [6.45, 7) is 1.94. The molecule has 16 heavy (non-hydrogen) atoms. The summed E-state index contributed by atoms with van der Waals surface area (Å²) in [7, 11) is 0. The van der Waals surface area contributed by atoms with Gasteiger partial charge in [-0.2, -0.15) is 12.1 Å². The van der Waals surface area contributed by atoms with Crippen LogP contribution in [0.15, 0.2) is 36.4 Å². The molecule has 0 N–H and O–H groups in total. The number of halogens is 2. The van der Waals surface area contributed by atoms with Gasteiger partial charge in [0.25, 0.3) is 0 Å². The summed E-state index contributed by atoms with van der Waals surface area (Å²) in [6, 6.07) is 12.3. The first kappa shape index (κ1) is 13.5. The zero-order valence-corrected chi connectivity index (χ0v) is 11.6. The second-order valence-corrected chi connectivity index (χ2v) is 3.39. The average molecular weight is 292 g/mol. The topological polar surface area (TPSA) is 0 Å². The van der Waals surface area contributed by atoms with E-state index in [1.165, 1.54) is 12.1 Å². The van der Waals surface area contributed by atoms with E-state index < -0.39 is 11.6 Å². The van der Waals surface area contributed by atoms with Gasteiger partial charge in [0.05, 0.1) is 5.82 Å². The normalized spacial score (nSPS) is 9.69. The molecule has 0 aromatic heterocycles. The molecule has 0 atom stereocenters. The van der Waals surface area contributed by atoms with Gasteiger partial charge in [0.2, 0.25) is 0 Å². The average Bonchev–Trinajstić information content (AvgIpc) is 2.24. The van der Waals surface area contributed by atoms with Gasteiger partial charge in [0, 0.05) is 38.5 Å². The Hall–Kier alpha value is -0.596. The van der Waals surface area contributed by atoms with E-state index >= 15 is 0 Å². The van der Waals surface area contributed by atoms with E-state index in [1.54, 1.807) is 12.1 Å². The maximum absolute atomic E-state index is 13.4. The third-order valence-electron chi connectivity index (χ3n) is 2.25. The Morgan fingerprint density at radius 1 is 1.00 bits per heavy atom. The van der Waals surface area contributed by atoms with Crippen molar-refractivity contribution in [3.8, 4) is 11.1 Å². The van der Waals surface area contributed by atoms with Gasteiger partial charge in [-0.1, -0.05) is 35.4 Å². The number of rotatable bonds is 1. The van der Waals surface area contributed by atoms with Crippen LogP contribution >= 0.6 is 0 Å². The maximum atomic E-state index is 13.4. The smallest absolute Gasteiger partial charge is 0.0511 e. The van der Waals surface area contributed by atoms with E-state index in [-0.39, 0.29) is 38.3 Å². The van der Waals surface area contributed by atoms with Crippen LogP contribution in [0.2, 0.25) is 0 Å². The van der Waals surface area contributed by atoms with Gasteiger partial charge in [-0.05, 0) is 12.5 Å². The zero-order chi connectivity index (χ0) is 10.8. The number of aryl methyl sites for hydroxylation is 1. The molecule has 2 rings (SSSR count). The van der Waals surface area contributed by atoms with Crippen molar-refractivity contribution in [2.45, 2.75) is 6.92 Å². The van der Waals surface area contributed by atoms with Gasteiger partial charge >= 0.3 is 0 Å². The van der Waals surface area contributed by atoms with Crippen molar-refractivity contribution in [2.75, 3.05) is 0 Å². The Labute approximate surface area is 119 Å². The van der Waals surface area contributed by atoms with E-state index in [1.807, 2.05) is 19.1 Å². The Bertz CT molecular complexity index is 478. The first-order chi connectivity index (χ1) is 7.18. The van der Waals surface area contributed by atoms with Crippen LogP contribution in [0, 0.1) is 24.6 Å². The van der Waals surface area contributed by atoms with Crippen LogP contribution in [0.25, 0.3) is 11.1 Å². The van der Waals surface area contributed by atoms with Crippen molar-refractivity contribution in [2.24, 2.45) is 0 Å². The van der Waals surface area contributed by atoms with Crippen molar-refractivity contribution in [1.82, 2.24) is 0 Å². The van der Waals surface area contributed by atoms with Gasteiger partial charge < -0.3 is 0 Å². The quantitative estimate of drug-likeness (QED) is 0.702. The molecular weight excluding hydrogens is 283 g/mol. The first-order valence-corrected chi connectivity index (χ1v) is 4.61. The molecule has 0 amide bonds. The molecule has 79 valence electrons. The second kappa shape index (κ2) is 5.65. The summed E-state index contributed by atoms with van der Waals surface area (Å²) in [5.41, 5.74) is 2.03. The molecule has 0 saturated carbocycles. The van der Waals surface area contributed by atoms with E-state index in [2.05, 4.69) is 6.07 Å². The molecule has 1 radical (unpaired) electrons. The monoisotopic (exact) mass is 292 g/mol. The van der Waals surface area contributed by atoms with E-state index in [0.717, 1.165) is 5.56 Å². The van der Waals surface area contributed by atoms with Crippen molar-refractivity contribution < 1.29 is 41.5 Å². The summed E-state index contributed by atoms with van der Waals surface area (Å²) < 4.78 is 26.3. The molecule has 0 unspecified atom stereocenters. The molecule has 3 heteroatoms. The van der Waals surface area contributed by atoms with Crippen LogP contribution in [0.1, 0.15) is 5.56 Å². The summed E-state index contributed by atoms with van der Waals surface area (Å²) in [6.07, 6.45) is 0. The van der Waals surface area contributed by atoms with Gasteiger partial charge in [-0.15, -0.1) is 6.07 Å². The van der Waals surface area contributed by atoms with Crippen LogP contribution in [0.3, 0.4) is 0 Å². The summed E-state index contributed by atoms with van der Waals surface area (Å²) >= 11 is 0. The van der Waals surface area contributed by atoms with E-state index in [9.17, 15) is 8.78 Å². The SMILES string of the molecule is Cc1ccc(-c2cc[c-]c(F)c2F)cc1.[Y]. The maximum Gasteiger partial charge on any atom is 0.0511 e. The molecule has 0 heterocycles. The standard InChI is InChI=1S/C13H9F2.Y/c1-9-5-7-10(8-6-9)11-3-2-4-12(14)13(11)15;/h2-3,5-8H,1H3;/q-1;.